The van der Waals surface area contributed by atoms with E-state index in [-0.39, 0.29) is 23.7 Å². The zero-order valence-electron chi connectivity index (χ0n) is 20.8. The quantitative estimate of drug-likeness (QED) is 0.345. The number of anilines is 1. The summed E-state index contributed by atoms with van der Waals surface area (Å²) in [4.78, 5) is 31.6. The van der Waals surface area contributed by atoms with E-state index < -0.39 is 5.92 Å². The highest BCUT2D eigenvalue weighted by atomic mass is 79.9. The van der Waals surface area contributed by atoms with Gasteiger partial charge in [-0.1, -0.05) is 65.4 Å². The van der Waals surface area contributed by atoms with Crippen LogP contribution in [0, 0.1) is 5.41 Å². The van der Waals surface area contributed by atoms with Gasteiger partial charge < -0.3 is 10.4 Å². The normalized spacial score (nSPS) is 18.8. The maximum atomic E-state index is 13.6. The number of dihydropyridines is 1. The van der Waals surface area contributed by atoms with Crippen LogP contribution in [0.15, 0.2) is 75.5 Å². The van der Waals surface area contributed by atoms with Crippen molar-refractivity contribution >= 4 is 54.3 Å². The van der Waals surface area contributed by atoms with Gasteiger partial charge in [0.15, 0.2) is 10.9 Å². The van der Waals surface area contributed by atoms with Crippen molar-refractivity contribution in [1.29, 1.82) is 0 Å². The molecule has 0 saturated heterocycles. The van der Waals surface area contributed by atoms with Crippen molar-refractivity contribution in [2.24, 2.45) is 5.41 Å². The summed E-state index contributed by atoms with van der Waals surface area (Å²) < 4.78 is 1.96. The number of aliphatic hydroxyl groups is 1. The molecule has 0 fully saturated rings. The van der Waals surface area contributed by atoms with Crippen LogP contribution in [0.25, 0.3) is 10.2 Å². The zero-order chi connectivity index (χ0) is 26.0. The van der Waals surface area contributed by atoms with Gasteiger partial charge in [0, 0.05) is 46.0 Å². The number of amides is 1. The molecule has 2 heterocycles. The molecule has 36 heavy (non-hydrogen) atoms. The van der Waals surface area contributed by atoms with Crippen LogP contribution < -0.4 is 10.6 Å². The minimum atomic E-state index is -0.424. The number of fused-ring (bicyclic) bond motifs is 1. The number of nitrogens with zero attached hydrogens (tertiary/aromatic N) is 1. The molecule has 1 aromatic heterocycles. The van der Waals surface area contributed by atoms with E-state index in [2.05, 4.69) is 45.4 Å². The molecule has 0 saturated carbocycles. The molecule has 1 unspecified atom stereocenters. The van der Waals surface area contributed by atoms with Gasteiger partial charge in [-0.25, -0.2) is 4.98 Å². The molecule has 2 aromatic carbocycles. The van der Waals surface area contributed by atoms with Crippen LogP contribution in [0.1, 0.15) is 52.0 Å². The molecule has 3 aromatic rings. The first-order chi connectivity index (χ1) is 17.1. The molecular formula is C28H30BrN3O3S. The van der Waals surface area contributed by atoms with E-state index in [0.29, 0.717) is 22.7 Å². The minimum Gasteiger partial charge on any atom is -0.397 e. The van der Waals surface area contributed by atoms with Crippen molar-refractivity contribution in [3.8, 4) is 0 Å². The third kappa shape index (κ3) is 5.45. The number of para-hydroxylation sites is 1. The van der Waals surface area contributed by atoms with Crippen LogP contribution in [0.5, 0.6) is 0 Å². The van der Waals surface area contributed by atoms with Crippen LogP contribution >= 0.6 is 27.3 Å². The number of rotatable bonds is 3. The fourth-order valence-electron chi connectivity index (χ4n) is 4.82. The van der Waals surface area contributed by atoms with Gasteiger partial charge in [-0.3, -0.25) is 14.9 Å². The Kier molecular flexibility index (Phi) is 7.78. The Bertz CT molecular complexity index is 1340. The second kappa shape index (κ2) is 10.7. The summed E-state index contributed by atoms with van der Waals surface area (Å²) in [6.07, 6.45) is 1.23. The van der Waals surface area contributed by atoms with E-state index in [4.69, 9.17) is 5.11 Å². The van der Waals surface area contributed by atoms with Gasteiger partial charge in [-0.05, 0) is 55.5 Å². The van der Waals surface area contributed by atoms with Crippen LogP contribution in [0.3, 0.4) is 0 Å². The topological polar surface area (TPSA) is 91.3 Å². The Balaban J connectivity index is 0.000000967. The molecule has 1 aliphatic heterocycles. The predicted molar refractivity (Wildman–Crippen MR) is 149 cm³/mol. The predicted octanol–water partition coefficient (Wildman–Crippen LogP) is 6.30. The number of aromatic nitrogens is 1. The van der Waals surface area contributed by atoms with Gasteiger partial charge in [0.2, 0.25) is 0 Å². The Labute approximate surface area is 223 Å². The first-order valence-electron chi connectivity index (χ1n) is 11.9. The lowest BCUT2D eigenvalue weighted by Crippen LogP contribution is -2.39. The maximum absolute atomic E-state index is 13.6. The number of carbonyl (C=O) groups is 2. The zero-order valence-corrected chi connectivity index (χ0v) is 23.2. The van der Waals surface area contributed by atoms with E-state index in [9.17, 15) is 9.59 Å². The molecule has 1 atom stereocenters. The molecule has 2 aliphatic rings. The standard InChI is InChI=1S/C26H24BrN3O2S.C2H6O/c1-14-21(24(32)30-25-29-17-6-4-5-7-20(17)33-25)22(15-8-10-16(27)11-9-15)23-18(28-14)12-26(2,3)13-19(23)31;1-2-3/h4-11,22,28H,12-13H2,1-3H3,(H,29,30,32);3H,2H2,1H3. The SMILES string of the molecule is CC1=C(C(=O)Nc2nc3ccccc3s2)C(c2ccc(Br)cc2)C2=C(CC(C)(C)CC2=O)N1.CCO. The number of ketones is 1. The van der Waals surface area contributed by atoms with E-state index in [1.54, 1.807) is 6.92 Å². The van der Waals surface area contributed by atoms with E-state index >= 15 is 0 Å². The highest BCUT2D eigenvalue weighted by Gasteiger charge is 2.42. The number of allylic oxidation sites excluding steroid dienone is 3. The van der Waals surface area contributed by atoms with Crippen LogP contribution in [-0.4, -0.2) is 28.4 Å². The summed E-state index contributed by atoms with van der Waals surface area (Å²) >= 11 is 4.93. The van der Waals surface area contributed by atoms with E-state index in [1.807, 2.05) is 55.5 Å². The summed E-state index contributed by atoms with van der Waals surface area (Å²) in [5.41, 5.74) is 4.62. The molecule has 0 radical (unpaired) electrons. The number of halogens is 1. The summed E-state index contributed by atoms with van der Waals surface area (Å²) in [5.74, 6) is -0.567. The fraction of sp³-hybridized carbons (Fsp3) is 0.321. The van der Waals surface area contributed by atoms with Crippen molar-refractivity contribution < 1.29 is 14.7 Å². The Morgan fingerprint density at radius 1 is 1.19 bits per heavy atom. The summed E-state index contributed by atoms with van der Waals surface area (Å²) in [7, 11) is 0. The van der Waals surface area contributed by atoms with Crippen molar-refractivity contribution in [2.45, 2.75) is 46.5 Å². The molecule has 1 amide bonds. The number of Topliss-reactive ketones (excluding diaryl/α,β-unsaturated/α-hetero) is 1. The lowest BCUT2D eigenvalue weighted by atomic mass is 9.68. The largest absolute Gasteiger partial charge is 0.397 e. The fourth-order valence-corrected chi connectivity index (χ4v) is 5.94. The first kappa shape index (κ1) is 26.3. The first-order valence-corrected chi connectivity index (χ1v) is 13.5. The number of hydrogen-bond donors (Lipinski definition) is 3. The van der Waals surface area contributed by atoms with Crippen molar-refractivity contribution in [2.75, 3.05) is 11.9 Å². The lowest BCUT2D eigenvalue weighted by molar-refractivity contribution is -0.118. The van der Waals surface area contributed by atoms with Crippen LogP contribution in [-0.2, 0) is 9.59 Å². The van der Waals surface area contributed by atoms with Crippen molar-refractivity contribution in [1.82, 2.24) is 10.3 Å². The molecule has 6 nitrogen and oxygen atoms in total. The highest BCUT2D eigenvalue weighted by Crippen LogP contribution is 2.47. The number of benzene rings is 2. The van der Waals surface area contributed by atoms with Gasteiger partial charge in [0.25, 0.3) is 5.91 Å². The number of aliphatic hydroxyl groups excluding tert-OH is 1. The number of hydrogen-bond acceptors (Lipinski definition) is 6. The minimum absolute atomic E-state index is 0.0967. The average Bonchev–Trinajstić information content (AvgIpc) is 3.20. The molecule has 8 heteroatoms. The molecule has 0 bridgehead atoms. The summed E-state index contributed by atoms with van der Waals surface area (Å²) in [6.45, 7) is 8.06. The third-order valence-electron chi connectivity index (χ3n) is 6.20. The van der Waals surface area contributed by atoms with Crippen LogP contribution in [0.4, 0.5) is 5.13 Å². The third-order valence-corrected chi connectivity index (χ3v) is 7.68. The number of nitrogens with one attached hydrogen (secondary N) is 2. The van der Waals surface area contributed by atoms with E-state index in [0.717, 1.165) is 38.1 Å². The van der Waals surface area contributed by atoms with Gasteiger partial charge in [-0.2, -0.15) is 0 Å². The molecule has 3 N–H and O–H groups in total. The molecule has 188 valence electrons. The molecule has 0 spiro atoms. The van der Waals surface area contributed by atoms with Crippen molar-refractivity contribution in [3.63, 3.8) is 0 Å². The average molecular weight is 569 g/mol. The Morgan fingerprint density at radius 2 is 1.86 bits per heavy atom. The number of thiazole rings is 1. The Morgan fingerprint density at radius 3 is 2.53 bits per heavy atom. The van der Waals surface area contributed by atoms with Gasteiger partial charge in [-0.15, -0.1) is 0 Å². The monoisotopic (exact) mass is 567 g/mol. The van der Waals surface area contributed by atoms with E-state index in [1.165, 1.54) is 11.3 Å². The molecule has 5 rings (SSSR count). The van der Waals surface area contributed by atoms with Crippen LogP contribution in [0.2, 0.25) is 0 Å². The van der Waals surface area contributed by atoms with Gasteiger partial charge >= 0.3 is 0 Å². The molecule has 1 aliphatic carbocycles. The number of carbonyl (C=O) groups excluding carboxylic acids is 2. The Hall–Kier alpha value is -2.81. The second-order valence-electron chi connectivity index (χ2n) is 9.74. The maximum Gasteiger partial charge on any atom is 0.256 e. The smallest absolute Gasteiger partial charge is 0.256 e. The van der Waals surface area contributed by atoms with Crippen molar-refractivity contribution in [3.05, 3.63) is 81.1 Å². The highest BCUT2D eigenvalue weighted by molar-refractivity contribution is 9.10. The van der Waals surface area contributed by atoms with Gasteiger partial charge in [0.1, 0.15) is 0 Å². The lowest BCUT2D eigenvalue weighted by Gasteiger charge is -2.39. The second-order valence-corrected chi connectivity index (χ2v) is 11.7. The van der Waals surface area contributed by atoms with Gasteiger partial charge in [0.05, 0.1) is 10.2 Å². The molecular weight excluding hydrogens is 538 g/mol. The summed E-state index contributed by atoms with van der Waals surface area (Å²) in [6, 6.07) is 15.7. The summed E-state index contributed by atoms with van der Waals surface area (Å²) in [5, 5.41) is 14.5.